The third-order valence-electron chi connectivity index (χ3n) is 5.43. The first-order chi connectivity index (χ1) is 17.5. The first-order valence-corrected chi connectivity index (χ1v) is 13.1. The minimum absolute atomic E-state index is 0.0451. The average molecular weight is 519 g/mol. The van der Waals surface area contributed by atoms with E-state index in [1.54, 1.807) is 6.07 Å². The number of anilines is 1. The van der Waals surface area contributed by atoms with Crippen molar-refractivity contribution in [3.63, 3.8) is 0 Å². The number of halogens is 1. The molecule has 196 valence electrons. The lowest BCUT2D eigenvalue weighted by atomic mass is 10.0. The molecule has 0 amide bonds. The molecule has 2 aromatic carbocycles. The van der Waals surface area contributed by atoms with Crippen molar-refractivity contribution >= 4 is 29.1 Å². The van der Waals surface area contributed by atoms with E-state index in [0.29, 0.717) is 62.0 Å². The van der Waals surface area contributed by atoms with Crippen LogP contribution in [0.1, 0.15) is 50.7 Å². The second kappa shape index (κ2) is 14.1. The summed E-state index contributed by atoms with van der Waals surface area (Å²) in [6.45, 7) is 7.01. The number of para-hydroxylation sites is 1. The van der Waals surface area contributed by atoms with E-state index >= 15 is 4.39 Å². The fourth-order valence-electron chi connectivity index (χ4n) is 3.65. The Kier molecular flexibility index (Phi) is 10.8. The summed E-state index contributed by atoms with van der Waals surface area (Å²) in [6, 6.07) is 7.21. The van der Waals surface area contributed by atoms with Crippen LogP contribution >= 0.6 is 11.8 Å². The molecule has 0 saturated heterocycles. The number of fused-ring (bicyclic) bond motifs is 1. The van der Waals surface area contributed by atoms with Crippen molar-refractivity contribution in [2.24, 2.45) is 10.7 Å². The highest BCUT2D eigenvalue weighted by atomic mass is 32.2. The molecule has 0 radical (unpaired) electrons. The van der Waals surface area contributed by atoms with E-state index in [-0.39, 0.29) is 40.2 Å². The van der Waals surface area contributed by atoms with Crippen molar-refractivity contribution in [3.8, 4) is 11.5 Å². The van der Waals surface area contributed by atoms with Gasteiger partial charge in [0.1, 0.15) is 11.6 Å². The van der Waals surface area contributed by atoms with Crippen molar-refractivity contribution in [2.45, 2.75) is 49.3 Å². The van der Waals surface area contributed by atoms with Crippen LogP contribution in [-0.4, -0.2) is 51.3 Å². The Morgan fingerprint density at radius 1 is 0.861 bits per heavy atom. The van der Waals surface area contributed by atoms with Crippen LogP contribution in [0.3, 0.4) is 0 Å². The zero-order valence-electron chi connectivity index (χ0n) is 20.9. The number of unbranched alkanes of at least 4 members (excludes halogenated alkanes) is 2. The summed E-state index contributed by atoms with van der Waals surface area (Å²) in [5, 5.41) is 8.35. The SMILES string of the molecule is CCOCCCCOc1c(F)c(Sc2ccccc2N)c(OCCCCOCC)c2c1C(=N)N=C2N. The topological polar surface area (TPSA) is 125 Å². The monoisotopic (exact) mass is 518 g/mol. The Morgan fingerprint density at radius 3 is 2.06 bits per heavy atom. The van der Waals surface area contributed by atoms with Gasteiger partial charge < -0.3 is 30.4 Å². The fourth-order valence-corrected chi connectivity index (χ4v) is 4.64. The van der Waals surface area contributed by atoms with Gasteiger partial charge in [-0.2, -0.15) is 0 Å². The summed E-state index contributed by atoms with van der Waals surface area (Å²) >= 11 is 1.14. The summed E-state index contributed by atoms with van der Waals surface area (Å²) in [7, 11) is 0. The number of nitrogens with zero attached hydrogens (tertiary/aromatic N) is 1. The largest absolute Gasteiger partial charge is 0.491 e. The van der Waals surface area contributed by atoms with Gasteiger partial charge in [0.2, 0.25) is 0 Å². The highest BCUT2D eigenvalue weighted by Crippen LogP contribution is 2.48. The molecule has 1 aliphatic heterocycles. The number of nitrogen functional groups attached to an aromatic ring is 1. The molecule has 3 rings (SSSR count). The number of amidine groups is 2. The Morgan fingerprint density at radius 2 is 1.44 bits per heavy atom. The van der Waals surface area contributed by atoms with Gasteiger partial charge in [0, 0.05) is 37.0 Å². The van der Waals surface area contributed by atoms with Crippen LogP contribution in [0.5, 0.6) is 11.5 Å². The molecule has 0 spiro atoms. The summed E-state index contributed by atoms with van der Waals surface area (Å²) in [4.78, 5) is 4.97. The van der Waals surface area contributed by atoms with Crippen molar-refractivity contribution in [2.75, 3.05) is 45.4 Å². The van der Waals surface area contributed by atoms with E-state index in [1.165, 1.54) is 0 Å². The minimum atomic E-state index is -0.620. The third-order valence-corrected chi connectivity index (χ3v) is 6.59. The number of hydrogen-bond acceptors (Lipinski definition) is 8. The van der Waals surface area contributed by atoms with E-state index < -0.39 is 5.82 Å². The molecule has 10 heteroatoms. The fraction of sp³-hybridized carbons (Fsp3) is 0.462. The standard InChI is InChI=1S/C26H35FN4O4S/c1-3-32-13-7-9-15-34-22-19-20(26(30)31-25(19)29)23(35-16-10-8-14-33-4-2)24(21(22)27)36-18-12-6-5-11-17(18)28/h5-6,11-12H,3-4,7-10,13-16,28H2,1-2H3,(H3,29,30,31). The van der Waals surface area contributed by atoms with E-state index in [2.05, 4.69) is 4.99 Å². The summed E-state index contributed by atoms with van der Waals surface area (Å²) in [6.07, 6.45) is 2.96. The number of benzene rings is 2. The van der Waals surface area contributed by atoms with E-state index in [1.807, 2.05) is 32.0 Å². The van der Waals surface area contributed by atoms with Gasteiger partial charge in [-0.05, 0) is 51.7 Å². The number of rotatable bonds is 16. The van der Waals surface area contributed by atoms with Crippen molar-refractivity contribution < 1.29 is 23.3 Å². The zero-order valence-corrected chi connectivity index (χ0v) is 21.7. The highest BCUT2D eigenvalue weighted by molar-refractivity contribution is 7.99. The normalized spacial score (nSPS) is 12.5. The second-order valence-corrected chi connectivity index (χ2v) is 9.09. The molecule has 2 aromatic rings. The van der Waals surface area contributed by atoms with Crippen molar-refractivity contribution in [1.82, 2.24) is 0 Å². The number of aliphatic imine (C=N–C) groups is 1. The second-order valence-electron chi connectivity index (χ2n) is 8.04. The molecular formula is C26H35FN4O4S. The van der Waals surface area contributed by atoms with Gasteiger partial charge in [0.05, 0.1) is 29.2 Å². The molecule has 8 nitrogen and oxygen atoms in total. The Hall–Kier alpha value is -2.82. The molecule has 0 saturated carbocycles. The van der Waals surface area contributed by atoms with Crippen molar-refractivity contribution in [1.29, 1.82) is 5.41 Å². The molecule has 0 atom stereocenters. The van der Waals surface area contributed by atoms with Gasteiger partial charge >= 0.3 is 0 Å². The number of hydrogen-bond donors (Lipinski definition) is 3. The average Bonchev–Trinajstić information content (AvgIpc) is 3.16. The molecule has 36 heavy (non-hydrogen) atoms. The lowest BCUT2D eigenvalue weighted by Crippen LogP contribution is -2.16. The quantitative estimate of drug-likeness (QED) is 0.211. The summed E-state index contributed by atoms with van der Waals surface area (Å²) in [5.41, 5.74) is 13.5. The molecule has 0 aliphatic carbocycles. The first kappa shape index (κ1) is 27.8. The van der Waals surface area contributed by atoms with E-state index in [0.717, 1.165) is 24.6 Å². The molecule has 0 fully saturated rings. The molecule has 1 aliphatic rings. The van der Waals surface area contributed by atoms with Crippen molar-refractivity contribution in [3.05, 3.63) is 41.2 Å². The first-order valence-electron chi connectivity index (χ1n) is 12.3. The Bertz CT molecular complexity index is 1080. The number of nitrogens with two attached hydrogens (primary N) is 2. The van der Waals surface area contributed by atoms with E-state index in [9.17, 15) is 0 Å². The van der Waals surface area contributed by atoms with Crippen LogP contribution in [0.25, 0.3) is 0 Å². The summed E-state index contributed by atoms with van der Waals surface area (Å²) < 4.78 is 38.9. The number of ether oxygens (including phenoxy) is 4. The van der Waals surface area contributed by atoms with Crippen LogP contribution < -0.4 is 20.9 Å². The van der Waals surface area contributed by atoms with Gasteiger partial charge in [-0.1, -0.05) is 23.9 Å². The maximum absolute atomic E-state index is 16.1. The molecule has 1 heterocycles. The maximum atomic E-state index is 16.1. The zero-order chi connectivity index (χ0) is 25.9. The van der Waals surface area contributed by atoms with Crippen LogP contribution in [0.2, 0.25) is 0 Å². The van der Waals surface area contributed by atoms with Crippen LogP contribution in [0.4, 0.5) is 10.1 Å². The Balaban J connectivity index is 1.95. The van der Waals surface area contributed by atoms with Crippen LogP contribution in [-0.2, 0) is 9.47 Å². The molecule has 0 unspecified atom stereocenters. The van der Waals surface area contributed by atoms with Crippen LogP contribution in [0, 0.1) is 11.2 Å². The third kappa shape index (κ3) is 6.89. The molecule has 0 aromatic heterocycles. The number of nitrogens with one attached hydrogen (secondary N) is 1. The van der Waals surface area contributed by atoms with E-state index in [4.69, 9.17) is 35.8 Å². The van der Waals surface area contributed by atoms with Gasteiger partial charge in [-0.15, -0.1) is 0 Å². The lowest BCUT2D eigenvalue weighted by molar-refractivity contribution is 0.138. The van der Waals surface area contributed by atoms with Gasteiger partial charge in [0.15, 0.2) is 17.4 Å². The van der Waals surface area contributed by atoms with Crippen LogP contribution in [0.15, 0.2) is 39.0 Å². The van der Waals surface area contributed by atoms with Gasteiger partial charge in [-0.25, -0.2) is 9.38 Å². The predicted octanol–water partition coefficient (Wildman–Crippen LogP) is 4.99. The minimum Gasteiger partial charge on any atom is -0.491 e. The maximum Gasteiger partial charge on any atom is 0.183 e. The highest BCUT2D eigenvalue weighted by Gasteiger charge is 2.34. The Labute approximate surface area is 216 Å². The molecular weight excluding hydrogens is 483 g/mol. The lowest BCUT2D eigenvalue weighted by Gasteiger charge is -2.20. The molecule has 0 bridgehead atoms. The summed E-state index contributed by atoms with van der Waals surface area (Å²) in [5.74, 6) is -0.465. The predicted molar refractivity (Wildman–Crippen MR) is 141 cm³/mol. The molecule has 5 N–H and O–H groups in total. The smallest absolute Gasteiger partial charge is 0.183 e. The van der Waals surface area contributed by atoms with Gasteiger partial charge in [-0.3, -0.25) is 5.41 Å². The van der Waals surface area contributed by atoms with Gasteiger partial charge in [0.25, 0.3) is 0 Å².